The van der Waals surface area contributed by atoms with Crippen molar-refractivity contribution in [2.75, 3.05) is 33.4 Å². The molecule has 0 N–H and O–H groups in total. The SMILES string of the molecule is CO[C@H]1C[C@H](n2c(=O)n(C)c3nnc4ccc(-c5ccc(OCCCN6CC[C@H](F)C6)nc5)cc4c32)C1. The smallest absolute Gasteiger partial charge is 0.330 e. The molecule has 3 aromatic heterocycles. The van der Waals surface area contributed by atoms with Crippen molar-refractivity contribution >= 4 is 22.1 Å². The van der Waals surface area contributed by atoms with Gasteiger partial charge in [0.05, 0.1) is 18.2 Å². The molecule has 6 rings (SSSR count). The maximum absolute atomic E-state index is 13.3. The van der Waals surface area contributed by atoms with Gasteiger partial charge in [0.25, 0.3) is 0 Å². The summed E-state index contributed by atoms with van der Waals surface area (Å²) in [5.41, 5.74) is 3.96. The van der Waals surface area contributed by atoms with E-state index in [1.165, 1.54) is 0 Å². The molecule has 0 unspecified atom stereocenters. The fourth-order valence-electron chi connectivity index (χ4n) is 5.44. The predicted molar refractivity (Wildman–Crippen MR) is 139 cm³/mol. The highest BCUT2D eigenvalue weighted by atomic mass is 19.1. The van der Waals surface area contributed by atoms with Crippen molar-refractivity contribution in [1.82, 2.24) is 29.2 Å². The van der Waals surface area contributed by atoms with Crippen LogP contribution in [0.5, 0.6) is 5.88 Å². The van der Waals surface area contributed by atoms with E-state index in [2.05, 4.69) is 26.1 Å². The molecule has 4 aromatic rings. The molecule has 0 spiro atoms. The number of methoxy groups -OCH3 is 1. The van der Waals surface area contributed by atoms with Crippen LogP contribution in [0.25, 0.3) is 33.2 Å². The van der Waals surface area contributed by atoms with Gasteiger partial charge < -0.3 is 14.4 Å². The number of fused-ring (bicyclic) bond motifs is 3. The van der Waals surface area contributed by atoms with Crippen LogP contribution < -0.4 is 10.4 Å². The first-order valence-electron chi connectivity index (χ1n) is 12.9. The Hall–Kier alpha value is -3.37. The molecule has 1 aromatic carbocycles. The molecule has 0 amide bonds. The molecule has 1 aliphatic heterocycles. The fourth-order valence-corrected chi connectivity index (χ4v) is 5.44. The van der Waals surface area contributed by atoms with Crippen molar-refractivity contribution in [3.63, 3.8) is 0 Å². The summed E-state index contributed by atoms with van der Waals surface area (Å²) in [6.07, 6.45) is 4.36. The Morgan fingerprint density at radius 2 is 1.97 bits per heavy atom. The topological polar surface area (TPSA) is 87.3 Å². The van der Waals surface area contributed by atoms with Crippen molar-refractivity contribution < 1.29 is 13.9 Å². The zero-order valence-electron chi connectivity index (χ0n) is 21.1. The van der Waals surface area contributed by atoms with E-state index in [0.29, 0.717) is 31.1 Å². The van der Waals surface area contributed by atoms with E-state index in [1.54, 1.807) is 24.9 Å². The second-order valence-corrected chi connectivity index (χ2v) is 10.1. The molecule has 1 saturated carbocycles. The lowest BCUT2D eigenvalue weighted by Crippen LogP contribution is -2.37. The number of hydrogen-bond donors (Lipinski definition) is 0. The lowest BCUT2D eigenvalue weighted by Gasteiger charge is -2.34. The number of imidazole rings is 1. The minimum atomic E-state index is -0.691. The summed E-state index contributed by atoms with van der Waals surface area (Å²) in [5.74, 6) is 0.567. The summed E-state index contributed by atoms with van der Waals surface area (Å²) >= 11 is 0. The highest BCUT2D eigenvalue weighted by molar-refractivity contribution is 6.02. The van der Waals surface area contributed by atoms with Gasteiger partial charge in [-0.25, -0.2) is 14.2 Å². The van der Waals surface area contributed by atoms with Gasteiger partial charge in [0.1, 0.15) is 11.7 Å². The number of ether oxygens (including phenoxy) is 2. The Morgan fingerprint density at radius 3 is 2.70 bits per heavy atom. The number of benzene rings is 1. The van der Waals surface area contributed by atoms with Crippen LogP contribution >= 0.6 is 0 Å². The van der Waals surface area contributed by atoms with E-state index in [4.69, 9.17) is 9.47 Å². The first-order chi connectivity index (χ1) is 18.0. The normalized spacial score (nSPS) is 22.1. The van der Waals surface area contributed by atoms with Crippen molar-refractivity contribution in [3.8, 4) is 17.0 Å². The molecule has 10 heteroatoms. The van der Waals surface area contributed by atoms with Gasteiger partial charge in [-0.05, 0) is 49.4 Å². The van der Waals surface area contributed by atoms with Crippen LogP contribution in [0.4, 0.5) is 4.39 Å². The monoisotopic (exact) mass is 506 g/mol. The Balaban J connectivity index is 1.23. The standard InChI is InChI=1S/C27H31FN6O3/c1-32-26-25(34(27(32)35)20-13-21(14-20)36-2)22-12-17(4-6-23(22)30-31-26)18-5-7-24(29-15-18)37-11-3-9-33-10-8-19(28)16-33/h4-7,12,15,19-21H,3,8-11,13-14,16H2,1-2H3/t19-,20-,21-/m0/s1. The number of aryl methyl sites for hydroxylation is 1. The summed E-state index contributed by atoms with van der Waals surface area (Å²) in [6, 6.07) is 9.91. The number of hydrogen-bond acceptors (Lipinski definition) is 7. The van der Waals surface area contributed by atoms with E-state index in [9.17, 15) is 9.18 Å². The largest absolute Gasteiger partial charge is 0.478 e. The van der Waals surface area contributed by atoms with E-state index in [-0.39, 0.29) is 17.8 Å². The number of halogens is 1. The van der Waals surface area contributed by atoms with Crippen molar-refractivity contribution in [3.05, 3.63) is 47.0 Å². The number of likely N-dealkylation sites (tertiary alicyclic amines) is 1. The zero-order chi connectivity index (χ0) is 25.5. The highest BCUT2D eigenvalue weighted by Crippen LogP contribution is 2.37. The molecule has 0 bridgehead atoms. The molecule has 37 heavy (non-hydrogen) atoms. The number of aromatic nitrogens is 5. The molecular formula is C27H31FN6O3. The summed E-state index contributed by atoms with van der Waals surface area (Å²) in [6.45, 7) is 2.74. The second-order valence-electron chi connectivity index (χ2n) is 10.1. The average molecular weight is 507 g/mol. The van der Waals surface area contributed by atoms with Gasteiger partial charge in [0, 0.05) is 63.0 Å². The summed E-state index contributed by atoms with van der Waals surface area (Å²) < 4.78 is 28.0. The fraction of sp³-hybridized carbons (Fsp3) is 0.481. The third-order valence-corrected chi connectivity index (χ3v) is 7.69. The number of rotatable bonds is 8. The van der Waals surface area contributed by atoms with Crippen LogP contribution in [0.2, 0.25) is 0 Å². The molecular weight excluding hydrogens is 475 g/mol. The first-order valence-corrected chi connectivity index (χ1v) is 12.9. The van der Waals surface area contributed by atoms with Gasteiger partial charge in [0.15, 0.2) is 5.65 Å². The molecule has 1 aliphatic carbocycles. The third kappa shape index (κ3) is 4.48. The van der Waals surface area contributed by atoms with Crippen molar-refractivity contribution in [2.45, 2.75) is 44.0 Å². The molecule has 0 radical (unpaired) electrons. The van der Waals surface area contributed by atoms with E-state index in [0.717, 1.165) is 59.9 Å². The van der Waals surface area contributed by atoms with Crippen molar-refractivity contribution in [2.24, 2.45) is 7.05 Å². The second kappa shape index (κ2) is 9.83. The molecule has 4 heterocycles. The van der Waals surface area contributed by atoms with Crippen LogP contribution in [0.15, 0.2) is 41.3 Å². The Bertz CT molecular complexity index is 1480. The van der Waals surface area contributed by atoms with E-state index >= 15 is 0 Å². The van der Waals surface area contributed by atoms with Gasteiger partial charge in [-0.1, -0.05) is 6.07 Å². The lowest BCUT2D eigenvalue weighted by atomic mass is 9.89. The third-order valence-electron chi connectivity index (χ3n) is 7.69. The van der Waals surface area contributed by atoms with Gasteiger partial charge in [-0.3, -0.25) is 9.13 Å². The molecule has 2 aliphatic rings. The predicted octanol–water partition coefficient (Wildman–Crippen LogP) is 3.51. The maximum Gasteiger partial charge on any atom is 0.330 e. The molecule has 1 atom stereocenters. The lowest BCUT2D eigenvalue weighted by molar-refractivity contribution is 0.00635. The van der Waals surface area contributed by atoms with Crippen LogP contribution in [0.3, 0.4) is 0 Å². The maximum atomic E-state index is 13.3. The average Bonchev–Trinajstić information content (AvgIpc) is 3.42. The summed E-state index contributed by atoms with van der Waals surface area (Å²) in [5, 5.41) is 9.62. The minimum Gasteiger partial charge on any atom is -0.478 e. The Morgan fingerprint density at radius 1 is 1.14 bits per heavy atom. The first kappa shape index (κ1) is 24.0. The molecule has 194 valence electrons. The molecule has 9 nitrogen and oxygen atoms in total. The Labute approximate surface area is 213 Å². The van der Waals surface area contributed by atoms with Crippen LogP contribution in [0, 0.1) is 0 Å². The van der Waals surface area contributed by atoms with Crippen molar-refractivity contribution in [1.29, 1.82) is 0 Å². The summed E-state index contributed by atoms with van der Waals surface area (Å²) in [4.78, 5) is 19.7. The van der Waals surface area contributed by atoms with E-state index in [1.807, 2.05) is 28.8 Å². The van der Waals surface area contributed by atoms with Gasteiger partial charge in [0.2, 0.25) is 5.88 Å². The number of pyridine rings is 1. The van der Waals surface area contributed by atoms with E-state index < -0.39 is 6.17 Å². The minimum absolute atomic E-state index is 0.0826. The Kier molecular flexibility index (Phi) is 6.37. The van der Waals surface area contributed by atoms with Gasteiger partial charge in [-0.15, -0.1) is 10.2 Å². The number of alkyl halides is 1. The highest BCUT2D eigenvalue weighted by Gasteiger charge is 2.34. The molecule has 1 saturated heterocycles. The van der Waals surface area contributed by atoms with Crippen LogP contribution in [0.1, 0.15) is 31.7 Å². The van der Waals surface area contributed by atoms with Gasteiger partial charge >= 0.3 is 5.69 Å². The number of nitrogens with zero attached hydrogens (tertiary/aromatic N) is 6. The van der Waals surface area contributed by atoms with Crippen LogP contribution in [-0.2, 0) is 11.8 Å². The van der Waals surface area contributed by atoms with Gasteiger partial charge in [-0.2, -0.15) is 0 Å². The van der Waals surface area contributed by atoms with Crippen LogP contribution in [-0.4, -0.2) is 74.8 Å². The summed E-state index contributed by atoms with van der Waals surface area (Å²) in [7, 11) is 3.45. The quantitative estimate of drug-likeness (QED) is 0.338. The molecule has 2 fully saturated rings. The zero-order valence-corrected chi connectivity index (χ0v) is 21.1.